The van der Waals surface area contributed by atoms with Crippen LogP contribution in [0.15, 0.2) is 36.9 Å². The maximum absolute atomic E-state index is 11.2. The molecule has 3 atom stereocenters. The largest absolute Gasteiger partial charge is 0.349 e. The lowest BCUT2D eigenvalue weighted by Gasteiger charge is -2.19. The normalized spacial score (nSPS) is 28.8. The Morgan fingerprint density at radius 2 is 2.00 bits per heavy atom. The molecular weight excluding hydrogens is 260 g/mol. The Labute approximate surface area is 118 Å². The summed E-state index contributed by atoms with van der Waals surface area (Å²) in [6.07, 6.45) is 1.35. The van der Waals surface area contributed by atoms with Crippen molar-refractivity contribution in [1.29, 1.82) is 0 Å². The molecule has 0 radical (unpaired) electrons. The summed E-state index contributed by atoms with van der Waals surface area (Å²) in [4.78, 5) is 13.7. The molecule has 19 heavy (non-hydrogen) atoms. The van der Waals surface area contributed by atoms with E-state index in [1.165, 1.54) is 11.6 Å². The predicted molar refractivity (Wildman–Crippen MR) is 75.8 cm³/mol. The predicted octanol–water partition coefficient (Wildman–Crippen LogP) is 2.07. The highest BCUT2D eigenvalue weighted by Crippen LogP contribution is 2.45. The molecule has 0 spiro atoms. The molecule has 1 heterocycles. The SMILES string of the molecule is C=CC(=O)NC1[C@H]2CN(Cc3ccc(Cl)cc3)C[C@@H]12. The first-order valence-electron chi connectivity index (χ1n) is 6.57. The zero-order valence-corrected chi connectivity index (χ0v) is 11.4. The van der Waals surface area contributed by atoms with Crippen LogP contribution in [0.4, 0.5) is 0 Å². The summed E-state index contributed by atoms with van der Waals surface area (Å²) in [6, 6.07) is 8.38. The number of nitrogens with one attached hydrogen (secondary N) is 1. The van der Waals surface area contributed by atoms with Gasteiger partial charge in [-0.05, 0) is 35.6 Å². The summed E-state index contributed by atoms with van der Waals surface area (Å²) < 4.78 is 0. The molecule has 100 valence electrons. The van der Waals surface area contributed by atoms with E-state index in [0.717, 1.165) is 24.7 Å². The summed E-state index contributed by atoms with van der Waals surface area (Å²) in [7, 11) is 0. The third-order valence-electron chi connectivity index (χ3n) is 4.08. The number of likely N-dealkylation sites (tertiary alicyclic amines) is 1. The van der Waals surface area contributed by atoms with Gasteiger partial charge in [0.1, 0.15) is 0 Å². The summed E-state index contributed by atoms with van der Waals surface area (Å²) in [5.74, 6) is 1.19. The van der Waals surface area contributed by atoms with Gasteiger partial charge in [-0.2, -0.15) is 0 Å². The number of fused-ring (bicyclic) bond motifs is 1. The lowest BCUT2D eigenvalue weighted by molar-refractivity contribution is -0.116. The molecule has 1 aromatic carbocycles. The fourth-order valence-corrected chi connectivity index (χ4v) is 3.15. The number of amides is 1. The van der Waals surface area contributed by atoms with Crippen LogP contribution >= 0.6 is 11.6 Å². The fourth-order valence-electron chi connectivity index (χ4n) is 3.03. The van der Waals surface area contributed by atoms with Crippen molar-refractivity contribution in [3.05, 3.63) is 47.5 Å². The van der Waals surface area contributed by atoms with Crippen LogP contribution in [0, 0.1) is 11.8 Å². The number of carbonyl (C=O) groups excluding carboxylic acids is 1. The molecule has 1 N–H and O–H groups in total. The number of benzene rings is 1. The summed E-state index contributed by atoms with van der Waals surface area (Å²) in [5.41, 5.74) is 1.29. The zero-order valence-electron chi connectivity index (χ0n) is 10.7. The van der Waals surface area contributed by atoms with Crippen LogP contribution in [0.3, 0.4) is 0 Å². The molecule has 0 bridgehead atoms. The van der Waals surface area contributed by atoms with Gasteiger partial charge in [0.15, 0.2) is 0 Å². The van der Waals surface area contributed by atoms with Gasteiger partial charge in [-0.3, -0.25) is 9.69 Å². The second kappa shape index (κ2) is 4.99. The Morgan fingerprint density at radius 1 is 1.37 bits per heavy atom. The second-order valence-corrected chi connectivity index (χ2v) is 5.82. The van der Waals surface area contributed by atoms with Crippen LogP contribution in [0.5, 0.6) is 0 Å². The molecule has 1 saturated heterocycles. The lowest BCUT2D eigenvalue weighted by Crippen LogP contribution is -2.33. The molecule has 1 unspecified atom stereocenters. The van der Waals surface area contributed by atoms with Crippen LogP contribution in [-0.2, 0) is 11.3 Å². The van der Waals surface area contributed by atoms with Crippen LogP contribution in [0.1, 0.15) is 5.56 Å². The Morgan fingerprint density at radius 3 is 2.58 bits per heavy atom. The second-order valence-electron chi connectivity index (χ2n) is 5.39. The van der Waals surface area contributed by atoms with Crippen molar-refractivity contribution >= 4 is 17.5 Å². The number of carbonyl (C=O) groups is 1. The van der Waals surface area contributed by atoms with Gasteiger partial charge in [0.25, 0.3) is 0 Å². The van der Waals surface area contributed by atoms with Crippen LogP contribution in [0.2, 0.25) is 5.02 Å². The molecule has 2 fully saturated rings. The number of rotatable bonds is 4. The number of halogens is 1. The molecule has 1 saturated carbocycles. The third-order valence-corrected chi connectivity index (χ3v) is 4.34. The maximum atomic E-state index is 11.2. The van der Waals surface area contributed by atoms with Crippen LogP contribution in [-0.4, -0.2) is 29.9 Å². The first kappa shape index (κ1) is 12.7. The molecule has 2 aliphatic rings. The summed E-state index contributed by atoms with van der Waals surface area (Å²) in [5, 5.41) is 3.77. The zero-order chi connectivity index (χ0) is 13.4. The van der Waals surface area contributed by atoms with Crippen molar-refractivity contribution < 1.29 is 4.79 Å². The first-order valence-corrected chi connectivity index (χ1v) is 6.95. The van der Waals surface area contributed by atoms with Gasteiger partial charge < -0.3 is 5.32 Å². The highest BCUT2D eigenvalue weighted by molar-refractivity contribution is 6.30. The van der Waals surface area contributed by atoms with E-state index in [1.807, 2.05) is 12.1 Å². The van der Waals surface area contributed by atoms with Crippen molar-refractivity contribution in [3.8, 4) is 0 Å². The van der Waals surface area contributed by atoms with E-state index in [4.69, 9.17) is 11.6 Å². The lowest BCUT2D eigenvalue weighted by atomic mass is 10.2. The fraction of sp³-hybridized carbons (Fsp3) is 0.400. The van der Waals surface area contributed by atoms with Crippen LogP contribution < -0.4 is 5.32 Å². The Kier molecular flexibility index (Phi) is 3.33. The van der Waals surface area contributed by atoms with Crippen molar-refractivity contribution in [2.75, 3.05) is 13.1 Å². The van der Waals surface area contributed by atoms with Crippen molar-refractivity contribution in [3.63, 3.8) is 0 Å². The van der Waals surface area contributed by atoms with E-state index in [0.29, 0.717) is 17.9 Å². The molecule has 1 aliphatic heterocycles. The average molecular weight is 277 g/mol. The Hall–Kier alpha value is -1.32. The third kappa shape index (κ3) is 2.67. The minimum absolute atomic E-state index is 0.0522. The maximum Gasteiger partial charge on any atom is 0.243 e. The highest BCUT2D eigenvalue weighted by Gasteiger charge is 2.55. The molecule has 1 amide bonds. The quantitative estimate of drug-likeness (QED) is 0.854. The average Bonchev–Trinajstić information content (AvgIpc) is 2.86. The smallest absolute Gasteiger partial charge is 0.243 e. The monoisotopic (exact) mass is 276 g/mol. The number of hydrogen-bond acceptors (Lipinski definition) is 2. The van der Waals surface area contributed by atoms with E-state index in [2.05, 4.69) is 28.9 Å². The molecule has 4 heteroatoms. The Balaban J connectivity index is 1.49. The van der Waals surface area contributed by atoms with Crippen molar-refractivity contribution in [1.82, 2.24) is 10.2 Å². The highest BCUT2D eigenvalue weighted by atomic mass is 35.5. The van der Waals surface area contributed by atoms with E-state index < -0.39 is 0 Å². The van der Waals surface area contributed by atoms with Gasteiger partial charge in [-0.1, -0.05) is 30.3 Å². The first-order chi connectivity index (χ1) is 9.17. The van der Waals surface area contributed by atoms with Gasteiger partial charge in [0.05, 0.1) is 0 Å². The van der Waals surface area contributed by atoms with E-state index in [-0.39, 0.29) is 5.91 Å². The summed E-state index contributed by atoms with van der Waals surface area (Å²) >= 11 is 5.88. The topological polar surface area (TPSA) is 32.3 Å². The van der Waals surface area contributed by atoms with Gasteiger partial charge in [0.2, 0.25) is 5.91 Å². The van der Waals surface area contributed by atoms with Gasteiger partial charge in [-0.15, -0.1) is 0 Å². The molecule has 3 rings (SSSR count). The number of piperidine rings is 1. The van der Waals surface area contributed by atoms with Gasteiger partial charge in [0, 0.05) is 30.7 Å². The van der Waals surface area contributed by atoms with Crippen molar-refractivity contribution in [2.45, 2.75) is 12.6 Å². The van der Waals surface area contributed by atoms with E-state index in [9.17, 15) is 4.79 Å². The van der Waals surface area contributed by atoms with E-state index in [1.54, 1.807) is 0 Å². The molecular formula is C15H17ClN2O. The van der Waals surface area contributed by atoms with E-state index >= 15 is 0 Å². The summed E-state index contributed by atoms with van der Waals surface area (Å²) in [6.45, 7) is 6.57. The molecule has 1 aliphatic carbocycles. The number of nitrogens with zero attached hydrogens (tertiary/aromatic N) is 1. The van der Waals surface area contributed by atoms with Gasteiger partial charge in [-0.25, -0.2) is 0 Å². The van der Waals surface area contributed by atoms with Crippen molar-refractivity contribution in [2.24, 2.45) is 11.8 Å². The molecule has 3 nitrogen and oxygen atoms in total. The number of hydrogen-bond donors (Lipinski definition) is 1. The Bertz CT molecular complexity index is 487. The van der Waals surface area contributed by atoms with Crippen LogP contribution in [0.25, 0.3) is 0 Å². The minimum atomic E-state index is -0.0522. The minimum Gasteiger partial charge on any atom is -0.349 e. The standard InChI is InChI=1S/C15H17ClN2O/c1-2-14(19)17-15-12-8-18(9-13(12)15)7-10-3-5-11(16)6-4-10/h2-6,12-13,15H,1,7-9H2,(H,17,19)/t12-,13+,15?. The molecule has 1 aromatic rings. The molecule has 0 aromatic heterocycles. The van der Waals surface area contributed by atoms with Gasteiger partial charge >= 0.3 is 0 Å².